The normalized spacial score (nSPS) is 24.6. The fourth-order valence-corrected chi connectivity index (χ4v) is 8.90. The molecule has 3 atom stereocenters. The van der Waals surface area contributed by atoms with Crippen LogP contribution in [0.1, 0.15) is 56.9 Å². The van der Waals surface area contributed by atoms with Gasteiger partial charge in [-0.3, -0.25) is 9.88 Å². The molecule has 1 aliphatic carbocycles. The Hall–Kier alpha value is -4.11. The second-order valence-electron chi connectivity index (χ2n) is 14.1. The molecule has 5 heterocycles. The lowest BCUT2D eigenvalue weighted by Crippen LogP contribution is -2.57. The minimum atomic E-state index is -0.665. The Morgan fingerprint density at radius 2 is 1.88 bits per heavy atom. The van der Waals surface area contributed by atoms with E-state index in [1.807, 2.05) is 0 Å². The van der Waals surface area contributed by atoms with E-state index in [-0.39, 0.29) is 28.2 Å². The SMILES string of the molecule is C#Cc1c(F)ccc2cc(OC)cc(-c3ncc4c(N5CCCOCC5)nc(OCC56CCCC5N(C5CCCOC5)CCC6)nc4c3F)c12. The molecule has 4 fully saturated rings. The Labute approximate surface area is 291 Å². The van der Waals surface area contributed by atoms with Crippen LogP contribution >= 0.6 is 0 Å². The van der Waals surface area contributed by atoms with E-state index in [2.05, 4.69) is 20.7 Å². The van der Waals surface area contributed by atoms with Gasteiger partial charge in [0.05, 0.1) is 37.9 Å². The van der Waals surface area contributed by atoms with Crippen LogP contribution in [-0.2, 0) is 9.47 Å². The van der Waals surface area contributed by atoms with Crippen LogP contribution in [0, 0.1) is 29.4 Å². The van der Waals surface area contributed by atoms with Gasteiger partial charge in [-0.05, 0) is 75.1 Å². The average molecular weight is 684 g/mol. The van der Waals surface area contributed by atoms with Gasteiger partial charge in [-0.1, -0.05) is 18.4 Å². The number of methoxy groups -OCH3 is 1. The molecule has 50 heavy (non-hydrogen) atoms. The zero-order chi connectivity index (χ0) is 34.2. The third-order valence-corrected chi connectivity index (χ3v) is 11.3. The lowest BCUT2D eigenvalue weighted by Gasteiger charge is -2.49. The molecule has 0 N–H and O–H groups in total. The van der Waals surface area contributed by atoms with Gasteiger partial charge < -0.3 is 23.8 Å². The number of anilines is 1. The van der Waals surface area contributed by atoms with E-state index >= 15 is 8.78 Å². The van der Waals surface area contributed by atoms with Gasteiger partial charge >= 0.3 is 6.01 Å². The maximum absolute atomic E-state index is 17.1. The Balaban J connectivity index is 1.22. The summed E-state index contributed by atoms with van der Waals surface area (Å²) in [6.07, 6.45) is 16.0. The van der Waals surface area contributed by atoms with E-state index in [1.54, 1.807) is 24.4 Å². The van der Waals surface area contributed by atoms with Crippen molar-refractivity contribution in [1.82, 2.24) is 19.9 Å². The van der Waals surface area contributed by atoms with E-state index in [0.29, 0.717) is 78.3 Å². The number of ether oxygens (including phenoxy) is 4. The van der Waals surface area contributed by atoms with Crippen molar-refractivity contribution in [1.29, 1.82) is 0 Å². The summed E-state index contributed by atoms with van der Waals surface area (Å²) in [6, 6.07) is 7.28. The summed E-state index contributed by atoms with van der Waals surface area (Å²) < 4.78 is 55.8. The number of rotatable bonds is 7. The predicted molar refractivity (Wildman–Crippen MR) is 188 cm³/mol. The molecule has 2 aromatic heterocycles. The summed E-state index contributed by atoms with van der Waals surface area (Å²) in [5, 5.41) is 1.46. The lowest BCUT2D eigenvalue weighted by molar-refractivity contribution is -0.0611. The second kappa shape index (κ2) is 13.9. The molecule has 0 amide bonds. The molecule has 1 saturated carbocycles. The van der Waals surface area contributed by atoms with E-state index in [9.17, 15) is 0 Å². The summed E-state index contributed by atoms with van der Waals surface area (Å²) >= 11 is 0. The van der Waals surface area contributed by atoms with Crippen molar-refractivity contribution in [2.24, 2.45) is 5.41 Å². The van der Waals surface area contributed by atoms with Crippen molar-refractivity contribution in [3.05, 3.63) is 47.7 Å². The minimum absolute atomic E-state index is 0.00891. The molecule has 3 aliphatic heterocycles. The highest BCUT2D eigenvalue weighted by atomic mass is 19.1. The summed E-state index contributed by atoms with van der Waals surface area (Å²) in [7, 11) is 1.53. The predicted octanol–water partition coefficient (Wildman–Crippen LogP) is 6.53. The van der Waals surface area contributed by atoms with Crippen molar-refractivity contribution >= 4 is 27.5 Å². The first-order chi connectivity index (χ1) is 24.5. The number of pyridine rings is 1. The topological polar surface area (TPSA) is 82.1 Å². The number of piperidine rings is 1. The number of likely N-dealkylation sites (tertiary alicyclic amines) is 1. The van der Waals surface area contributed by atoms with Crippen molar-refractivity contribution in [3.8, 4) is 35.4 Å². The second-order valence-corrected chi connectivity index (χ2v) is 14.1. The van der Waals surface area contributed by atoms with Gasteiger partial charge in [-0.15, -0.1) is 6.42 Å². The molecule has 2 aromatic carbocycles. The fourth-order valence-electron chi connectivity index (χ4n) is 8.90. The lowest BCUT2D eigenvalue weighted by atomic mass is 9.74. The molecule has 0 radical (unpaired) electrons. The molecule has 262 valence electrons. The number of hydrogen-bond donors (Lipinski definition) is 0. The van der Waals surface area contributed by atoms with Gasteiger partial charge in [-0.2, -0.15) is 9.97 Å². The van der Waals surface area contributed by atoms with Crippen molar-refractivity contribution in [3.63, 3.8) is 0 Å². The molecule has 0 bridgehead atoms. The summed E-state index contributed by atoms with van der Waals surface area (Å²) in [6.45, 7) is 5.62. The molecule has 11 heteroatoms. The Kier molecular flexibility index (Phi) is 9.19. The van der Waals surface area contributed by atoms with Crippen LogP contribution in [-0.4, -0.2) is 91.7 Å². The Morgan fingerprint density at radius 1 is 1.00 bits per heavy atom. The van der Waals surface area contributed by atoms with Crippen LogP contribution in [0.15, 0.2) is 30.5 Å². The number of benzene rings is 2. The van der Waals surface area contributed by atoms with Gasteiger partial charge in [0, 0.05) is 60.9 Å². The van der Waals surface area contributed by atoms with Crippen LogP contribution in [0.3, 0.4) is 0 Å². The number of aromatic nitrogens is 3. The minimum Gasteiger partial charge on any atom is -0.497 e. The molecule has 9 nitrogen and oxygen atoms in total. The number of hydrogen-bond acceptors (Lipinski definition) is 9. The highest BCUT2D eigenvalue weighted by molar-refractivity contribution is 6.03. The highest BCUT2D eigenvalue weighted by Gasteiger charge is 2.50. The van der Waals surface area contributed by atoms with E-state index in [4.69, 9.17) is 35.3 Å². The van der Waals surface area contributed by atoms with Gasteiger partial charge in [0.1, 0.15) is 28.6 Å². The first-order valence-electron chi connectivity index (χ1n) is 17.9. The zero-order valence-corrected chi connectivity index (χ0v) is 28.6. The highest BCUT2D eigenvalue weighted by Crippen LogP contribution is 2.49. The smallest absolute Gasteiger partial charge is 0.319 e. The third kappa shape index (κ3) is 5.91. The first kappa shape index (κ1) is 33.1. The Bertz CT molecular complexity index is 1940. The van der Waals surface area contributed by atoms with Crippen LogP contribution < -0.4 is 14.4 Å². The molecule has 4 aliphatic rings. The van der Waals surface area contributed by atoms with Crippen molar-refractivity contribution in [2.75, 3.05) is 64.7 Å². The maximum atomic E-state index is 17.1. The van der Waals surface area contributed by atoms with Gasteiger partial charge in [0.25, 0.3) is 0 Å². The molecule has 8 rings (SSSR count). The number of fused-ring (bicyclic) bond motifs is 3. The molecule has 0 spiro atoms. The van der Waals surface area contributed by atoms with Crippen molar-refractivity contribution < 1.29 is 27.7 Å². The fraction of sp³-hybridized carbons (Fsp3) is 0.513. The maximum Gasteiger partial charge on any atom is 0.319 e. The molecule has 3 saturated heterocycles. The van der Waals surface area contributed by atoms with Crippen LogP contribution in [0.4, 0.5) is 14.6 Å². The van der Waals surface area contributed by atoms with Gasteiger partial charge in [0.15, 0.2) is 5.82 Å². The van der Waals surface area contributed by atoms with E-state index in [1.165, 1.54) is 13.2 Å². The molecule has 3 unspecified atom stereocenters. The monoisotopic (exact) mass is 683 g/mol. The number of halogens is 2. The number of nitrogens with zero attached hydrogens (tertiary/aromatic N) is 5. The largest absolute Gasteiger partial charge is 0.497 e. The quantitative estimate of drug-likeness (QED) is 0.202. The standard InChI is InChI=1S/C39H43F2N5O4/c1-3-28-31(40)11-10-25-20-27(47-2)21-29(33(25)28)35-34(41)36-30(22-42-35)37(45-14-7-18-48-19-16-45)44-38(43-36)50-24-39-12-4-9-32(39)46(15-6-13-39)26-8-5-17-49-23-26/h1,10-11,20-22,26,32H,4-9,12-19,23-24H2,2H3. The third-order valence-electron chi connectivity index (χ3n) is 11.3. The molecule has 4 aromatic rings. The zero-order valence-electron chi connectivity index (χ0n) is 28.6. The average Bonchev–Trinajstić information content (AvgIpc) is 3.40. The Morgan fingerprint density at radius 3 is 2.72 bits per heavy atom. The van der Waals surface area contributed by atoms with Crippen LogP contribution in [0.25, 0.3) is 32.9 Å². The van der Waals surface area contributed by atoms with E-state index in [0.717, 1.165) is 71.1 Å². The number of terminal acetylenes is 1. The van der Waals surface area contributed by atoms with Crippen LogP contribution in [0.5, 0.6) is 11.8 Å². The summed E-state index contributed by atoms with van der Waals surface area (Å²) in [5.41, 5.74) is 0.399. The van der Waals surface area contributed by atoms with Crippen LogP contribution in [0.2, 0.25) is 0 Å². The summed E-state index contributed by atoms with van der Waals surface area (Å²) in [5.74, 6) is 2.25. The van der Waals surface area contributed by atoms with Gasteiger partial charge in [-0.25, -0.2) is 8.78 Å². The molecular formula is C39H43F2N5O4. The summed E-state index contributed by atoms with van der Waals surface area (Å²) in [4.78, 5) is 19.1. The van der Waals surface area contributed by atoms with E-state index < -0.39 is 11.6 Å². The van der Waals surface area contributed by atoms with Gasteiger partial charge in [0.2, 0.25) is 0 Å². The first-order valence-corrected chi connectivity index (χ1v) is 17.9. The molecular weight excluding hydrogens is 640 g/mol. The van der Waals surface area contributed by atoms with Crippen molar-refractivity contribution in [2.45, 2.75) is 63.5 Å².